The molecule has 2 rings (SSSR count). The summed E-state index contributed by atoms with van der Waals surface area (Å²) in [6, 6.07) is 3.89. The van der Waals surface area contributed by atoms with Crippen LogP contribution < -0.4 is 16.4 Å². The zero-order chi connectivity index (χ0) is 12.3. The van der Waals surface area contributed by atoms with Gasteiger partial charge in [0.1, 0.15) is 0 Å². The molecule has 0 radical (unpaired) electrons. The van der Waals surface area contributed by atoms with E-state index < -0.39 is 0 Å². The van der Waals surface area contributed by atoms with E-state index in [1.165, 1.54) is 0 Å². The van der Waals surface area contributed by atoms with Gasteiger partial charge in [-0.25, -0.2) is 0 Å². The molecule has 0 fully saturated rings. The predicted molar refractivity (Wildman–Crippen MR) is 74.7 cm³/mol. The van der Waals surface area contributed by atoms with Crippen LogP contribution in [0.25, 0.3) is 0 Å². The third-order valence-electron chi connectivity index (χ3n) is 2.79. The van der Waals surface area contributed by atoms with E-state index >= 15 is 0 Å². The first-order valence-electron chi connectivity index (χ1n) is 5.66. The number of nitrogen functional groups attached to an aromatic ring is 1. The van der Waals surface area contributed by atoms with Gasteiger partial charge < -0.3 is 16.4 Å². The van der Waals surface area contributed by atoms with Crippen molar-refractivity contribution >= 4 is 34.7 Å². The number of hydrogen-bond donors (Lipinski definition) is 3. The lowest BCUT2D eigenvalue weighted by atomic mass is 10.0. The van der Waals surface area contributed by atoms with E-state index in [-0.39, 0.29) is 5.91 Å². The van der Waals surface area contributed by atoms with Crippen LogP contribution in [0.2, 0.25) is 0 Å². The largest absolute Gasteiger partial charge is 0.397 e. The molecule has 1 amide bonds. The Kier molecular flexibility index (Phi) is 3.78. The molecule has 0 bridgehead atoms. The number of anilines is 3. The minimum atomic E-state index is 0.0694. The zero-order valence-corrected chi connectivity index (χ0v) is 10.7. The second-order valence-corrected chi connectivity index (χ2v) is 5.05. The number of aryl methyl sites for hydroxylation is 1. The van der Waals surface area contributed by atoms with E-state index in [1.807, 2.05) is 12.1 Å². The van der Waals surface area contributed by atoms with Gasteiger partial charge in [0.2, 0.25) is 5.91 Å². The van der Waals surface area contributed by atoms with Crippen LogP contribution >= 0.6 is 11.8 Å². The van der Waals surface area contributed by atoms with Crippen molar-refractivity contribution in [1.29, 1.82) is 0 Å². The van der Waals surface area contributed by atoms with Crippen LogP contribution in [0.15, 0.2) is 12.1 Å². The second-order valence-electron chi connectivity index (χ2n) is 4.06. The predicted octanol–water partition coefficient (Wildman–Crippen LogP) is 1.93. The van der Waals surface area contributed by atoms with Gasteiger partial charge in [0.05, 0.1) is 11.4 Å². The van der Waals surface area contributed by atoms with Crippen molar-refractivity contribution in [2.24, 2.45) is 0 Å². The van der Waals surface area contributed by atoms with Crippen molar-refractivity contribution in [1.82, 2.24) is 0 Å². The molecule has 0 spiro atoms. The van der Waals surface area contributed by atoms with Gasteiger partial charge in [-0.2, -0.15) is 11.8 Å². The Morgan fingerprint density at radius 3 is 3.06 bits per heavy atom. The van der Waals surface area contributed by atoms with Crippen molar-refractivity contribution < 1.29 is 4.79 Å². The summed E-state index contributed by atoms with van der Waals surface area (Å²) in [7, 11) is 0. The fourth-order valence-electron chi connectivity index (χ4n) is 1.89. The SMILES string of the molecule is CSCCNc1cc2c(cc1N)NC(=O)CC2. The second kappa shape index (κ2) is 5.31. The van der Waals surface area contributed by atoms with Gasteiger partial charge in [-0.3, -0.25) is 4.79 Å². The lowest BCUT2D eigenvalue weighted by Gasteiger charge is -2.19. The Morgan fingerprint density at radius 2 is 2.29 bits per heavy atom. The summed E-state index contributed by atoms with van der Waals surface area (Å²) in [5.74, 6) is 1.12. The number of amides is 1. The van der Waals surface area contributed by atoms with E-state index in [2.05, 4.69) is 16.9 Å². The van der Waals surface area contributed by atoms with Crippen molar-refractivity contribution in [2.75, 3.05) is 34.9 Å². The molecule has 0 saturated heterocycles. The quantitative estimate of drug-likeness (QED) is 0.565. The number of nitrogens with two attached hydrogens (primary N) is 1. The Labute approximate surface area is 105 Å². The van der Waals surface area contributed by atoms with E-state index in [9.17, 15) is 4.79 Å². The molecule has 5 heteroatoms. The number of thioether (sulfide) groups is 1. The van der Waals surface area contributed by atoms with Crippen LogP contribution in [0.5, 0.6) is 0 Å². The molecule has 4 N–H and O–H groups in total. The Hall–Kier alpha value is -1.36. The average Bonchev–Trinajstić information content (AvgIpc) is 2.30. The molecule has 0 aliphatic carbocycles. The lowest BCUT2D eigenvalue weighted by molar-refractivity contribution is -0.116. The monoisotopic (exact) mass is 251 g/mol. The highest BCUT2D eigenvalue weighted by Gasteiger charge is 2.16. The number of carbonyl (C=O) groups is 1. The van der Waals surface area contributed by atoms with Crippen molar-refractivity contribution in [3.05, 3.63) is 17.7 Å². The molecule has 1 aliphatic rings. The fourth-order valence-corrected chi connectivity index (χ4v) is 2.19. The Balaban J connectivity index is 2.16. The van der Waals surface area contributed by atoms with Crippen LogP contribution in [-0.4, -0.2) is 24.5 Å². The van der Waals surface area contributed by atoms with Gasteiger partial charge in [-0.1, -0.05) is 0 Å². The van der Waals surface area contributed by atoms with E-state index in [1.54, 1.807) is 11.8 Å². The highest BCUT2D eigenvalue weighted by atomic mass is 32.2. The van der Waals surface area contributed by atoms with Crippen LogP contribution in [0, 0.1) is 0 Å². The third kappa shape index (κ3) is 2.85. The molecule has 1 aromatic carbocycles. The highest BCUT2D eigenvalue weighted by molar-refractivity contribution is 7.98. The first-order valence-corrected chi connectivity index (χ1v) is 7.05. The van der Waals surface area contributed by atoms with E-state index in [0.717, 1.165) is 35.7 Å². The zero-order valence-electron chi connectivity index (χ0n) is 9.88. The molecule has 92 valence electrons. The van der Waals surface area contributed by atoms with E-state index in [0.29, 0.717) is 12.1 Å². The third-order valence-corrected chi connectivity index (χ3v) is 3.40. The smallest absolute Gasteiger partial charge is 0.224 e. The number of rotatable bonds is 4. The molecule has 0 unspecified atom stereocenters. The maximum atomic E-state index is 11.3. The van der Waals surface area contributed by atoms with Crippen LogP contribution in [0.4, 0.5) is 17.1 Å². The van der Waals surface area contributed by atoms with E-state index in [4.69, 9.17) is 5.73 Å². The Bertz CT molecular complexity index is 434. The van der Waals surface area contributed by atoms with Crippen molar-refractivity contribution in [3.63, 3.8) is 0 Å². The first kappa shape index (κ1) is 12.1. The standard InChI is InChI=1S/C12H17N3OS/c1-17-5-4-14-11-6-8-2-3-12(16)15-10(8)7-9(11)13/h6-7,14H,2-5,13H2,1H3,(H,15,16). The summed E-state index contributed by atoms with van der Waals surface area (Å²) in [6.07, 6.45) is 3.42. The highest BCUT2D eigenvalue weighted by Crippen LogP contribution is 2.30. The molecular weight excluding hydrogens is 234 g/mol. The maximum absolute atomic E-state index is 11.3. The molecule has 0 atom stereocenters. The number of hydrogen-bond acceptors (Lipinski definition) is 4. The summed E-state index contributed by atoms with van der Waals surface area (Å²) in [5.41, 5.74) is 9.62. The molecular formula is C12H17N3OS. The molecule has 17 heavy (non-hydrogen) atoms. The maximum Gasteiger partial charge on any atom is 0.224 e. The number of benzene rings is 1. The molecule has 4 nitrogen and oxygen atoms in total. The lowest BCUT2D eigenvalue weighted by Crippen LogP contribution is -2.19. The molecule has 1 aromatic rings. The average molecular weight is 251 g/mol. The van der Waals surface area contributed by atoms with Gasteiger partial charge in [0, 0.05) is 24.4 Å². The van der Waals surface area contributed by atoms with Crippen molar-refractivity contribution in [2.45, 2.75) is 12.8 Å². The minimum Gasteiger partial charge on any atom is -0.397 e. The number of carbonyl (C=O) groups excluding carboxylic acids is 1. The summed E-state index contributed by atoms with van der Waals surface area (Å²) >= 11 is 1.80. The Morgan fingerprint density at radius 1 is 1.47 bits per heavy atom. The van der Waals surface area contributed by atoms with Gasteiger partial charge in [0.15, 0.2) is 0 Å². The summed E-state index contributed by atoms with van der Waals surface area (Å²) in [6.45, 7) is 0.899. The minimum absolute atomic E-state index is 0.0694. The first-order chi connectivity index (χ1) is 8.20. The molecule has 1 aliphatic heterocycles. The molecule has 0 saturated carbocycles. The van der Waals surface area contributed by atoms with Crippen molar-refractivity contribution in [3.8, 4) is 0 Å². The van der Waals surface area contributed by atoms with Gasteiger partial charge >= 0.3 is 0 Å². The summed E-state index contributed by atoms with van der Waals surface area (Å²) in [5, 5.41) is 6.16. The summed E-state index contributed by atoms with van der Waals surface area (Å²) < 4.78 is 0. The molecule has 1 heterocycles. The summed E-state index contributed by atoms with van der Waals surface area (Å²) in [4.78, 5) is 11.3. The number of fused-ring (bicyclic) bond motifs is 1. The van der Waals surface area contributed by atoms with Crippen LogP contribution in [0.1, 0.15) is 12.0 Å². The fraction of sp³-hybridized carbons (Fsp3) is 0.417. The van der Waals surface area contributed by atoms with Crippen LogP contribution in [0.3, 0.4) is 0 Å². The van der Waals surface area contributed by atoms with Gasteiger partial charge in [-0.05, 0) is 30.4 Å². The molecule has 0 aromatic heterocycles. The van der Waals surface area contributed by atoms with Crippen LogP contribution in [-0.2, 0) is 11.2 Å². The number of nitrogens with one attached hydrogen (secondary N) is 2. The normalized spacial score (nSPS) is 14.1. The van der Waals surface area contributed by atoms with Gasteiger partial charge in [-0.15, -0.1) is 0 Å². The topological polar surface area (TPSA) is 67.2 Å². The van der Waals surface area contributed by atoms with Gasteiger partial charge in [0.25, 0.3) is 0 Å².